The van der Waals surface area contributed by atoms with E-state index in [4.69, 9.17) is 4.74 Å². The zero-order valence-corrected chi connectivity index (χ0v) is 20.5. The number of aromatic nitrogens is 6. The monoisotopic (exact) mass is 503 g/mol. The summed E-state index contributed by atoms with van der Waals surface area (Å²) in [5.74, 6) is 1.50. The van der Waals surface area contributed by atoms with E-state index in [1.54, 1.807) is 29.9 Å². The van der Waals surface area contributed by atoms with Crippen molar-refractivity contribution in [3.63, 3.8) is 0 Å². The van der Waals surface area contributed by atoms with Crippen molar-refractivity contribution in [3.8, 4) is 11.5 Å². The summed E-state index contributed by atoms with van der Waals surface area (Å²) in [5, 5.41) is 11.7. The Morgan fingerprint density at radius 3 is 2.75 bits per heavy atom. The lowest BCUT2D eigenvalue weighted by Crippen LogP contribution is -2.38. The fourth-order valence-electron chi connectivity index (χ4n) is 3.68. The molecule has 4 aromatic rings. The summed E-state index contributed by atoms with van der Waals surface area (Å²) in [4.78, 5) is 38.7. The van der Waals surface area contributed by atoms with Gasteiger partial charge < -0.3 is 15.4 Å². The Labute approximate surface area is 211 Å². The van der Waals surface area contributed by atoms with Gasteiger partial charge in [0.15, 0.2) is 16.6 Å². The first kappa shape index (κ1) is 23.7. The van der Waals surface area contributed by atoms with Crippen molar-refractivity contribution in [2.24, 2.45) is 0 Å². The highest BCUT2D eigenvalue weighted by atomic mass is 32.1. The Morgan fingerprint density at radius 1 is 1.06 bits per heavy atom. The number of hydrogen-bond acceptors (Lipinski definition) is 12. The van der Waals surface area contributed by atoms with Crippen LogP contribution in [0.1, 0.15) is 35.4 Å². The molecule has 0 saturated carbocycles. The molecule has 12 heteroatoms. The van der Waals surface area contributed by atoms with Gasteiger partial charge >= 0.3 is 5.97 Å². The van der Waals surface area contributed by atoms with Crippen LogP contribution < -0.4 is 16.0 Å². The fourth-order valence-corrected chi connectivity index (χ4v) is 4.35. The summed E-state index contributed by atoms with van der Waals surface area (Å²) < 4.78 is 5.42. The fraction of sp³-hybridized carbons (Fsp3) is 0.292. The number of nitrogens with one attached hydrogen (secondary N) is 3. The summed E-state index contributed by atoms with van der Waals surface area (Å²) in [6.45, 7) is 3.23. The average Bonchev–Trinajstić information content (AvgIpc) is 3.37. The molecule has 184 valence electrons. The standard InChI is InChI=1S/C24H25N9O2S/c1-15-5-4-7-17(28-15)21-26-11-8-19(31-21)30-20-9-12-27-23(32-20)33-24-29-18(14-36-24)22(34)35-13-16-6-2-3-10-25-16/h4-5,7-9,11-12,14,16,25H,2-3,6,10,13H2,1H3,(H2,26,27,29,30,31,32,33)/t16-/m1/s1. The number of anilines is 4. The first-order valence-corrected chi connectivity index (χ1v) is 12.5. The van der Waals surface area contributed by atoms with Crippen LogP contribution in [0.15, 0.2) is 48.1 Å². The molecule has 1 fully saturated rings. The van der Waals surface area contributed by atoms with Crippen LogP contribution in [0.5, 0.6) is 0 Å². The number of piperidine rings is 1. The zero-order chi connectivity index (χ0) is 24.7. The number of esters is 1. The number of nitrogens with zero attached hydrogens (tertiary/aromatic N) is 6. The van der Waals surface area contributed by atoms with Crippen molar-refractivity contribution in [3.05, 3.63) is 59.5 Å². The number of carbonyl (C=O) groups is 1. The molecule has 0 radical (unpaired) electrons. The Kier molecular flexibility index (Phi) is 7.33. The smallest absolute Gasteiger partial charge is 0.357 e. The summed E-state index contributed by atoms with van der Waals surface area (Å²) >= 11 is 1.28. The Morgan fingerprint density at radius 2 is 1.92 bits per heavy atom. The molecule has 1 saturated heterocycles. The number of aryl methyl sites for hydroxylation is 1. The summed E-state index contributed by atoms with van der Waals surface area (Å²) in [6, 6.07) is 9.38. The number of hydrogen-bond donors (Lipinski definition) is 3. The van der Waals surface area contributed by atoms with E-state index in [0.717, 1.165) is 31.5 Å². The van der Waals surface area contributed by atoms with Crippen molar-refractivity contribution in [2.75, 3.05) is 23.8 Å². The molecule has 36 heavy (non-hydrogen) atoms. The minimum atomic E-state index is -0.439. The third kappa shape index (κ3) is 6.15. The molecule has 0 aliphatic carbocycles. The molecule has 1 aliphatic rings. The second-order valence-electron chi connectivity index (χ2n) is 8.23. The molecule has 3 N–H and O–H groups in total. The van der Waals surface area contributed by atoms with Gasteiger partial charge in [0.25, 0.3) is 0 Å². The summed E-state index contributed by atoms with van der Waals surface area (Å²) in [7, 11) is 0. The molecule has 0 spiro atoms. The number of carbonyl (C=O) groups excluding carboxylic acids is 1. The predicted molar refractivity (Wildman–Crippen MR) is 137 cm³/mol. The van der Waals surface area contributed by atoms with Gasteiger partial charge in [0.05, 0.1) is 0 Å². The highest BCUT2D eigenvalue weighted by Crippen LogP contribution is 2.22. The van der Waals surface area contributed by atoms with Crippen LogP contribution in [0, 0.1) is 6.92 Å². The van der Waals surface area contributed by atoms with Gasteiger partial charge in [0, 0.05) is 29.5 Å². The SMILES string of the molecule is Cc1cccc(-c2nccc(Nc3ccnc(Nc4nc(C(=O)OC[C@H]5CCCCN5)cs4)n3)n2)n1. The van der Waals surface area contributed by atoms with Crippen LogP contribution in [0.25, 0.3) is 11.5 Å². The van der Waals surface area contributed by atoms with Crippen molar-refractivity contribution >= 4 is 40.0 Å². The molecule has 0 bridgehead atoms. The molecule has 0 unspecified atom stereocenters. The Hall–Kier alpha value is -4.03. The average molecular weight is 504 g/mol. The zero-order valence-electron chi connectivity index (χ0n) is 19.6. The van der Waals surface area contributed by atoms with E-state index in [0.29, 0.717) is 40.8 Å². The lowest BCUT2D eigenvalue weighted by molar-refractivity contribution is 0.0445. The summed E-state index contributed by atoms with van der Waals surface area (Å²) in [5.41, 5.74) is 1.84. The van der Waals surface area contributed by atoms with Crippen molar-refractivity contribution in [1.29, 1.82) is 0 Å². The Balaban J connectivity index is 1.21. The topological polar surface area (TPSA) is 140 Å². The molecular formula is C24H25N9O2S. The van der Waals surface area contributed by atoms with Crippen molar-refractivity contribution < 1.29 is 9.53 Å². The van der Waals surface area contributed by atoms with Crippen molar-refractivity contribution in [2.45, 2.75) is 32.2 Å². The van der Waals surface area contributed by atoms with Gasteiger partial charge in [-0.25, -0.2) is 29.7 Å². The number of thiazole rings is 1. The number of rotatable bonds is 8. The van der Waals surface area contributed by atoms with E-state index in [1.165, 1.54) is 11.3 Å². The normalized spacial score (nSPS) is 15.3. The van der Waals surface area contributed by atoms with Gasteiger partial charge in [0.1, 0.15) is 23.9 Å². The second-order valence-corrected chi connectivity index (χ2v) is 9.09. The lowest BCUT2D eigenvalue weighted by atomic mass is 10.1. The van der Waals surface area contributed by atoms with Gasteiger partial charge in [-0.3, -0.25) is 5.32 Å². The minimum Gasteiger partial charge on any atom is -0.459 e. The quantitative estimate of drug-likeness (QED) is 0.302. The molecule has 1 aliphatic heterocycles. The lowest BCUT2D eigenvalue weighted by Gasteiger charge is -2.22. The summed E-state index contributed by atoms with van der Waals surface area (Å²) in [6.07, 6.45) is 6.60. The molecule has 0 aromatic carbocycles. The second kappa shape index (κ2) is 11.1. The molecular weight excluding hydrogens is 478 g/mol. The highest BCUT2D eigenvalue weighted by molar-refractivity contribution is 7.14. The minimum absolute atomic E-state index is 0.210. The van der Waals surface area contributed by atoms with Crippen LogP contribution in [0.2, 0.25) is 0 Å². The van der Waals surface area contributed by atoms with Crippen LogP contribution in [-0.2, 0) is 4.74 Å². The maximum absolute atomic E-state index is 12.4. The number of pyridine rings is 1. The molecule has 5 heterocycles. The first-order chi connectivity index (χ1) is 17.6. The largest absolute Gasteiger partial charge is 0.459 e. The van der Waals surface area contributed by atoms with Crippen LogP contribution in [-0.4, -0.2) is 55.1 Å². The molecule has 5 rings (SSSR count). The van der Waals surface area contributed by atoms with Gasteiger partial charge in [-0.05, 0) is 50.6 Å². The van der Waals surface area contributed by atoms with E-state index >= 15 is 0 Å². The van der Waals surface area contributed by atoms with Crippen LogP contribution >= 0.6 is 11.3 Å². The maximum Gasteiger partial charge on any atom is 0.357 e. The maximum atomic E-state index is 12.4. The third-order valence-electron chi connectivity index (χ3n) is 5.44. The third-order valence-corrected chi connectivity index (χ3v) is 6.20. The van der Waals surface area contributed by atoms with Gasteiger partial charge in [-0.2, -0.15) is 4.98 Å². The van der Waals surface area contributed by atoms with Crippen LogP contribution in [0.3, 0.4) is 0 Å². The molecule has 0 amide bonds. The molecule has 11 nitrogen and oxygen atoms in total. The van der Waals surface area contributed by atoms with Gasteiger partial charge in [-0.1, -0.05) is 12.5 Å². The van der Waals surface area contributed by atoms with Gasteiger partial charge in [-0.15, -0.1) is 11.3 Å². The van der Waals surface area contributed by atoms with Crippen LogP contribution in [0.4, 0.5) is 22.7 Å². The van der Waals surface area contributed by atoms with E-state index in [9.17, 15) is 4.79 Å². The van der Waals surface area contributed by atoms with E-state index < -0.39 is 5.97 Å². The van der Waals surface area contributed by atoms with E-state index in [-0.39, 0.29) is 11.7 Å². The first-order valence-electron chi connectivity index (χ1n) is 11.6. The predicted octanol–water partition coefficient (Wildman–Crippen LogP) is 3.88. The molecule has 1 atom stereocenters. The van der Waals surface area contributed by atoms with Crippen molar-refractivity contribution in [1.82, 2.24) is 35.2 Å². The number of ether oxygens (including phenoxy) is 1. The molecule has 4 aromatic heterocycles. The van der Waals surface area contributed by atoms with E-state index in [2.05, 4.69) is 45.9 Å². The van der Waals surface area contributed by atoms with Gasteiger partial charge in [0.2, 0.25) is 5.95 Å². The van der Waals surface area contributed by atoms with E-state index in [1.807, 2.05) is 25.1 Å². The highest BCUT2D eigenvalue weighted by Gasteiger charge is 2.18. The Bertz CT molecular complexity index is 1340.